The first-order valence-electron chi connectivity index (χ1n) is 6.93. The molecule has 2 aromatic rings. The van der Waals surface area contributed by atoms with Crippen molar-refractivity contribution in [1.82, 2.24) is 0 Å². The molecule has 0 amide bonds. The molecule has 0 saturated carbocycles. The topological polar surface area (TPSA) is 15.3 Å². The predicted octanol–water partition coefficient (Wildman–Crippen LogP) is 4.67. The van der Waals surface area contributed by atoms with Crippen molar-refractivity contribution >= 4 is 28.7 Å². The van der Waals surface area contributed by atoms with Crippen LogP contribution in [0.4, 0.5) is 15.8 Å². The van der Waals surface area contributed by atoms with Gasteiger partial charge in [-0.05, 0) is 62.3 Å². The molecule has 110 valence electrons. The van der Waals surface area contributed by atoms with E-state index in [1.807, 2.05) is 49.1 Å². The summed E-state index contributed by atoms with van der Waals surface area (Å²) in [5.74, 6) is -0.234. The molecule has 0 atom stereocenters. The van der Waals surface area contributed by atoms with Gasteiger partial charge in [-0.15, -0.1) is 0 Å². The first-order valence-corrected chi connectivity index (χ1v) is 7.34. The second-order valence-electron chi connectivity index (χ2n) is 4.92. The third-order valence-corrected chi connectivity index (χ3v) is 3.71. The molecule has 0 bridgehead atoms. The van der Waals surface area contributed by atoms with Gasteiger partial charge in [-0.1, -0.05) is 24.3 Å². The van der Waals surface area contributed by atoms with Crippen LogP contribution in [-0.4, -0.2) is 11.7 Å². The van der Waals surface area contributed by atoms with Gasteiger partial charge in [0.05, 0.1) is 0 Å². The second kappa shape index (κ2) is 6.68. The number of benzene rings is 2. The van der Waals surface area contributed by atoms with Gasteiger partial charge < -0.3 is 10.2 Å². The van der Waals surface area contributed by atoms with Crippen LogP contribution in [0.25, 0.3) is 0 Å². The van der Waals surface area contributed by atoms with Crippen LogP contribution < -0.4 is 10.2 Å². The maximum absolute atomic E-state index is 13.6. The molecule has 2 nitrogen and oxygen atoms in total. The van der Waals surface area contributed by atoms with Crippen LogP contribution in [0.1, 0.15) is 18.1 Å². The Bertz CT molecular complexity index is 655. The Balaban J connectivity index is 2.21. The minimum Gasteiger partial charge on any atom is -0.332 e. The fourth-order valence-electron chi connectivity index (χ4n) is 2.15. The van der Waals surface area contributed by atoms with Crippen molar-refractivity contribution in [2.45, 2.75) is 20.8 Å². The SMILES string of the molecule is CCN(C(=S)Nc1ccc(C)c(F)c1)c1ccccc1C. The normalized spacial score (nSPS) is 10.3. The van der Waals surface area contributed by atoms with E-state index in [1.54, 1.807) is 13.0 Å². The lowest BCUT2D eigenvalue weighted by atomic mass is 10.2. The summed E-state index contributed by atoms with van der Waals surface area (Å²) in [6.45, 7) is 6.57. The molecule has 0 unspecified atom stereocenters. The van der Waals surface area contributed by atoms with Crippen molar-refractivity contribution in [3.63, 3.8) is 0 Å². The van der Waals surface area contributed by atoms with E-state index in [0.717, 1.165) is 17.8 Å². The number of anilines is 2. The molecular formula is C17H19FN2S. The molecule has 0 aliphatic heterocycles. The number of hydrogen-bond acceptors (Lipinski definition) is 1. The largest absolute Gasteiger partial charge is 0.332 e. The van der Waals surface area contributed by atoms with Crippen LogP contribution >= 0.6 is 12.2 Å². The number of halogens is 1. The maximum atomic E-state index is 13.6. The molecule has 4 heteroatoms. The number of hydrogen-bond donors (Lipinski definition) is 1. The number of thiocarbonyl (C=S) groups is 1. The van der Waals surface area contributed by atoms with Gasteiger partial charge in [-0.2, -0.15) is 0 Å². The lowest BCUT2D eigenvalue weighted by molar-refractivity contribution is 0.619. The monoisotopic (exact) mass is 302 g/mol. The van der Waals surface area contributed by atoms with Crippen LogP contribution in [0.3, 0.4) is 0 Å². The summed E-state index contributed by atoms with van der Waals surface area (Å²) >= 11 is 5.47. The Morgan fingerprint density at radius 1 is 1.14 bits per heavy atom. The summed E-state index contributed by atoms with van der Waals surface area (Å²) in [7, 11) is 0. The maximum Gasteiger partial charge on any atom is 0.177 e. The smallest absolute Gasteiger partial charge is 0.177 e. The van der Waals surface area contributed by atoms with Crippen molar-refractivity contribution in [1.29, 1.82) is 0 Å². The van der Waals surface area contributed by atoms with E-state index in [2.05, 4.69) is 5.32 Å². The Labute approximate surface area is 130 Å². The van der Waals surface area contributed by atoms with Gasteiger partial charge in [0.25, 0.3) is 0 Å². The second-order valence-corrected chi connectivity index (χ2v) is 5.31. The number of nitrogens with one attached hydrogen (secondary N) is 1. The van der Waals surface area contributed by atoms with E-state index in [4.69, 9.17) is 12.2 Å². The molecule has 0 saturated heterocycles. The van der Waals surface area contributed by atoms with Crippen LogP contribution in [0, 0.1) is 19.7 Å². The highest BCUT2D eigenvalue weighted by Gasteiger charge is 2.12. The zero-order valence-corrected chi connectivity index (χ0v) is 13.3. The molecule has 2 aromatic carbocycles. The Kier molecular flexibility index (Phi) is 4.91. The van der Waals surface area contributed by atoms with E-state index >= 15 is 0 Å². The zero-order chi connectivity index (χ0) is 15.4. The number of rotatable bonds is 3. The molecule has 0 heterocycles. The number of nitrogens with zero attached hydrogens (tertiary/aromatic N) is 1. The van der Waals surface area contributed by atoms with Crippen molar-refractivity contribution in [2.75, 3.05) is 16.8 Å². The van der Waals surface area contributed by atoms with E-state index < -0.39 is 0 Å². The Hall–Kier alpha value is -1.94. The zero-order valence-electron chi connectivity index (χ0n) is 12.5. The lowest BCUT2D eigenvalue weighted by Crippen LogP contribution is -2.35. The molecule has 0 aromatic heterocycles. The van der Waals surface area contributed by atoms with Crippen LogP contribution in [-0.2, 0) is 0 Å². The lowest BCUT2D eigenvalue weighted by Gasteiger charge is -2.26. The van der Waals surface area contributed by atoms with Crippen LogP contribution in [0.2, 0.25) is 0 Å². The van der Waals surface area contributed by atoms with Gasteiger partial charge >= 0.3 is 0 Å². The highest BCUT2D eigenvalue weighted by molar-refractivity contribution is 7.80. The van der Waals surface area contributed by atoms with Crippen molar-refractivity contribution in [3.05, 3.63) is 59.4 Å². The van der Waals surface area contributed by atoms with Gasteiger partial charge in [0, 0.05) is 17.9 Å². The molecule has 0 aliphatic rings. The fraction of sp³-hybridized carbons (Fsp3) is 0.235. The van der Waals surface area contributed by atoms with Crippen molar-refractivity contribution in [3.8, 4) is 0 Å². The molecule has 1 N–H and O–H groups in total. The third kappa shape index (κ3) is 3.58. The molecule has 0 spiro atoms. The van der Waals surface area contributed by atoms with E-state index in [-0.39, 0.29) is 5.82 Å². The number of para-hydroxylation sites is 1. The minimum atomic E-state index is -0.234. The Morgan fingerprint density at radius 3 is 2.48 bits per heavy atom. The summed E-state index contributed by atoms with van der Waals surface area (Å²) in [6, 6.07) is 13.1. The average Bonchev–Trinajstić information content (AvgIpc) is 2.46. The van der Waals surface area contributed by atoms with Crippen molar-refractivity contribution < 1.29 is 4.39 Å². The van der Waals surface area contributed by atoms with Gasteiger partial charge in [-0.3, -0.25) is 0 Å². The standard InChI is InChI=1S/C17H19FN2S/c1-4-20(16-8-6-5-7-13(16)3)17(21)19-14-10-9-12(2)15(18)11-14/h5-11H,4H2,1-3H3,(H,19,21). The molecule has 0 aliphatic carbocycles. The highest BCUT2D eigenvalue weighted by Crippen LogP contribution is 2.21. The molecule has 0 fully saturated rings. The molecule has 2 rings (SSSR count). The highest BCUT2D eigenvalue weighted by atomic mass is 32.1. The van der Waals surface area contributed by atoms with Crippen LogP contribution in [0.5, 0.6) is 0 Å². The van der Waals surface area contributed by atoms with Gasteiger partial charge in [0.2, 0.25) is 0 Å². The summed E-state index contributed by atoms with van der Waals surface area (Å²) in [6.07, 6.45) is 0. The van der Waals surface area contributed by atoms with Gasteiger partial charge in [0.1, 0.15) is 5.82 Å². The molecule has 21 heavy (non-hydrogen) atoms. The van der Waals surface area contributed by atoms with Gasteiger partial charge in [0.15, 0.2) is 5.11 Å². The number of aryl methyl sites for hydroxylation is 2. The summed E-state index contributed by atoms with van der Waals surface area (Å²) in [4.78, 5) is 2.00. The van der Waals surface area contributed by atoms with E-state index in [9.17, 15) is 4.39 Å². The Morgan fingerprint density at radius 2 is 1.86 bits per heavy atom. The summed E-state index contributed by atoms with van der Waals surface area (Å²) in [5.41, 5.74) is 3.50. The molecular weight excluding hydrogens is 283 g/mol. The summed E-state index contributed by atoms with van der Waals surface area (Å²) in [5, 5.41) is 3.67. The first kappa shape index (κ1) is 15.4. The van der Waals surface area contributed by atoms with E-state index in [0.29, 0.717) is 16.4 Å². The molecule has 0 radical (unpaired) electrons. The average molecular weight is 302 g/mol. The van der Waals surface area contributed by atoms with Crippen molar-refractivity contribution in [2.24, 2.45) is 0 Å². The van der Waals surface area contributed by atoms with Crippen LogP contribution in [0.15, 0.2) is 42.5 Å². The van der Waals surface area contributed by atoms with E-state index in [1.165, 1.54) is 6.07 Å². The third-order valence-electron chi connectivity index (χ3n) is 3.39. The predicted molar refractivity (Wildman–Crippen MR) is 91.6 cm³/mol. The summed E-state index contributed by atoms with van der Waals surface area (Å²) < 4.78 is 13.6. The van der Waals surface area contributed by atoms with Gasteiger partial charge in [-0.25, -0.2) is 4.39 Å². The first-order chi connectivity index (χ1) is 10.0. The fourth-order valence-corrected chi connectivity index (χ4v) is 2.50. The minimum absolute atomic E-state index is 0.234. The quantitative estimate of drug-likeness (QED) is 0.830.